The number of likely N-dealkylation sites (tertiary alicyclic amines) is 1. The fourth-order valence-electron chi connectivity index (χ4n) is 4.01. The Bertz CT molecular complexity index is 785. The number of carbonyl (C=O) groups is 1. The summed E-state index contributed by atoms with van der Waals surface area (Å²) in [7, 11) is 0. The third kappa shape index (κ3) is 3.53. The molecule has 2 aliphatic rings. The van der Waals surface area contributed by atoms with Crippen molar-refractivity contribution in [1.29, 1.82) is 0 Å². The number of aromatic nitrogens is 1. The number of halogens is 1. The van der Waals surface area contributed by atoms with Crippen LogP contribution in [-0.2, 0) is 4.79 Å². The molecular weight excluding hydrogens is 354 g/mol. The maximum absolute atomic E-state index is 12.8. The third-order valence-corrected chi connectivity index (χ3v) is 5.78. The molecule has 1 unspecified atom stereocenters. The molecule has 140 valence electrons. The summed E-state index contributed by atoms with van der Waals surface area (Å²) in [6, 6.07) is 6.04. The largest absolute Gasteiger partial charge is 0.423 e. The molecular formula is C19H24ClN3O3. The van der Waals surface area contributed by atoms with E-state index in [-0.39, 0.29) is 24.3 Å². The van der Waals surface area contributed by atoms with Crippen LogP contribution in [0.3, 0.4) is 0 Å². The average Bonchev–Trinajstić information content (AvgIpc) is 3.10. The molecule has 2 saturated heterocycles. The van der Waals surface area contributed by atoms with Gasteiger partial charge in [0, 0.05) is 49.8 Å². The van der Waals surface area contributed by atoms with E-state index in [0.29, 0.717) is 23.2 Å². The Labute approximate surface area is 157 Å². The van der Waals surface area contributed by atoms with Crippen molar-refractivity contribution in [3.05, 3.63) is 23.2 Å². The Morgan fingerprint density at radius 1 is 1.27 bits per heavy atom. The molecule has 1 aromatic carbocycles. The minimum Gasteiger partial charge on any atom is -0.423 e. The van der Waals surface area contributed by atoms with Gasteiger partial charge in [0.15, 0.2) is 5.58 Å². The first-order chi connectivity index (χ1) is 12.6. The monoisotopic (exact) mass is 377 g/mol. The Kier molecular flexibility index (Phi) is 5.05. The van der Waals surface area contributed by atoms with Crippen molar-refractivity contribution in [3.8, 4) is 0 Å². The maximum Gasteiger partial charge on any atom is 0.298 e. The van der Waals surface area contributed by atoms with E-state index in [4.69, 9.17) is 16.0 Å². The second kappa shape index (κ2) is 7.45. The zero-order valence-corrected chi connectivity index (χ0v) is 15.5. The molecule has 1 aromatic heterocycles. The standard InChI is InChI=1S/C19H24ClN3O3/c20-15-3-4-16-17(10-15)26-19(21-16)22-8-5-14(6-9-22)18(25)23-7-1-2-13(11-23)12-24/h3-4,10,13-14,24H,1-2,5-9,11-12H2. The van der Waals surface area contributed by atoms with Crippen LogP contribution in [0.25, 0.3) is 11.1 Å². The van der Waals surface area contributed by atoms with Crippen molar-refractivity contribution < 1.29 is 14.3 Å². The van der Waals surface area contributed by atoms with Crippen LogP contribution in [0.15, 0.2) is 22.6 Å². The van der Waals surface area contributed by atoms with E-state index in [1.807, 2.05) is 11.0 Å². The zero-order chi connectivity index (χ0) is 18.1. The number of aliphatic hydroxyl groups is 1. The van der Waals surface area contributed by atoms with E-state index in [1.165, 1.54) is 0 Å². The third-order valence-electron chi connectivity index (χ3n) is 5.54. The first kappa shape index (κ1) is 17.6. The average molecular weight is 378 g/mol. The Hall–Kier alpha value is -1.79. The molecule has 2 fully saturated rings. The summed E-state index contributed by atoms with van der Waals surface area (Å²) < 4.78 is 5.84. The van der Waals surface area contributed by atoms with Gasteiger partial charge in [-0.05, 0) is 43.7 Å². The number of oxazole rings is 1. The fraction of sp³-hybridized carbons (Fsp3) is 0.579. The van der Waals surface area contributed by atoms with Crippen molar-refractivity contribution in [1.82, 2.24) is 9.88 Å². The van der Waals surface area contributed by atoms with Crippen LogP contribution in [0, 0.1) is 11.8 Å². The van der Waals surface area contributed by atoms with Gasteiger partial charge in [-0.1, -0.05) is 11.6 Å². The minimum absolute atomic E-state index is 0.0579. The first-order valence-corrected chi connectivity index (χ1v) is 9.72. The molecule has 1 amide bonds. The highest BCUT2D eigenvalue weighted by Crippen LogP contribution is 2.29. The number of hydrogen-bond donors (Lipinski definition) is 1. The van der Waals surface area contributed by atoms with Crippen molar-refractivity contribution in [3.63, 3.8) is 0 Å². The summed E-state index contributed by atoms with van der Waals surface area (Å²) in [6.45, 7) is 3.20. The number of carbonyl (C=O) groups excluding carboxylic acids is 1. The molecule has 0 bridgehead atoms. The fourth-order valence-corrected chi connectivity index (χ4v) is 4.17. The van der Waals surface area contributed by atoms with Gasteiger partial charge in [0.05, 0.1) is 0 Å². The van der Waals surface area contributed by atoms with Gasteiger partial charge in [-0.3, -0.25) is 4.79 Å². The van der Waals surface area contributed by atoms with Gasteiger partial charge in [-0.2, -0.15) is 4.98 Å². The lowest BCUT2D eigenvalue weighted by Gasteiger charge is -2.37. The summed E-state index contributed by atoms with van der Waals surface area (Å²) in [6.07, 6.45) is 3.61. The second-order valence-corrected chi connectivity index (χ2v) is 7.78. The number of rotatable bonds is 3. The lowest BCUT2D eigenvalue weighted by atomic mass is 9.92. The Morgan fingerprint density at radius 3 is 2.85 bits per heavy atom. The van der Waals surface area contributed by atoms with Gasteiger partial charge in [0.25, 0.3) is 6.01 Å². The summed E-state index contributed by atoms with van der Waals surface area (Å²) in [5.74, 6) is 0.536. The number of hydrogen-bond acceptors (Lipinski definition) is 5. The van der Waals surface area contributed by atoms with Crippen LogP contribution in [0.5, 0.6) is 0 Å². The topological polar surface area (TPSA) is 69.8 Å². The number of fused-ring (bicyclic) bond motifs is 1. The molecule has 0 saturated carbocycles. The molecule has 0 aliphatic carbocycles. The summed E-state index contributed by atoms with van der Waals surface area (Å²) in [4.78, 5) is 21.4. The Morgan fingerprint density at radius 2 is 2.08 bits per heavy atom. The number of benzene rings is 1. The van der Waals surface area contributed by atoms with E-state index in [9.17, 15) is 9.90 Å². The Balaban J connectivity index is 1.38. The smallest absolute Gasteiger partial charge is 0.298 e. The first-order valence-electron chi connectivity index (χ1n) is 9.34. The molecule has 2 aliphatic heterocycles. The van der Waals surface area contributed by atoms with Gasteiger partial charge >= 0.3 is 0 Å². The predicted octanol–water partition coefficient (Wildman–Crippen LogP) is 2.93. The number of amides is 1. The van der Waals surface area contributed by atoms with Crippen LogP contribution in [0.1, 0.15) is 25.7 Å². The second-order valence-electron chi connectivity index (χ2n) is 7.34. The highest BCUT2D eigenvalue weighted by atomic mass is 35.5. The number of aliphatic hydroxyl groups excluding tert-OH is 1. The molecule has 1 atom stereocenters. The maximum atomic E-state index is 12.8. The van der Waals surface area contributed by atoms with Crippen LogP contribution >= 0.6 is 11.6 Å². The van der Waals surface area contributed by atoms with Crippen LogP contribution in [0.2, 0.25) is 5.02 Å². The van der Waals surface area contributed by atoms with Crippen molar-refractivity contribution in [2.24, 2.45) is 11.8 Å². The van der Waals surface area contributed by atoms with E-state index in [1.54, 1.807) is 12.1 Å². The molecule has 26 heavy (non-hydrogen) atoms. The molecule has 4 rings (SSSR count). The van der Waals surface area contributed by atoms with Crippen LogP contribution in [-0.4, -0.2) is 53.7 Å². The summed E-state index contributed by atoms with van der Waals surface area (Å²) in [5.41, 5.74) is 1.49. The van der Waals surface area contributed by atoms with Crippen molar-refractivity contribution >= 4 is 34.6 Å². The number of anilines is 1. The summed E-state index contributed by atoms with van der Waals surface area (Å²) in [5, 5.41) is 10.0. The number of piperidine rings is 2. The van der Waals surface area contributed by atoms with Gasteiger partial charge in [0.1, 0.15) is 5.52 Å². The zero-order valence-electron chi connectivity index (χ0n) is 14.7. The van der Waals surface area contributed by atoms with Crippen molar-refractivity contribution in [2.75, 3.05) is 37.7 Å². The molecule has 0 radical (unpaired) electrons. The molecule has 6 nitrogen and oxygen atoms in total. The lowest BCUT2D eigenvalue weighted by Crippen LogP contribution is -2.46. The highest BCUT2D eigenvalue weighted by molar-refractivity contribution is 6.31. The molecule has 3 heterocycles. The van der Waals surface area contributed by atoms with Gasteiger partial charge in [-0.25, -0.2) is 0 Å². The predicted molar refractivity (Wildman–Crippen MR) is 100 cm³/mol. The molecule has 7 heteroatoms. The van der Waals surface area contributed by atoms with E-state index >= 15 is 0 Å². The molecule has 0 spiro atoms. The van der Waals surface area contributed by atoms with Crippen LogP contribution in [0.4, 0.5) is 6.01 Å². The molecule has 2 aromatic rings. The summed E-state index contributed by atoms with van der Waals surface area (Å²) >= 11 is 6.00. The SMILES string of the molecule is O=C(C1CCN(c2nc3ccc(Cl)cc3o2)CC1)N1CCCC(CO)C1. The highest BCUT2D eigenvalue weighted by Gasteiger charge is 2.32. The minimum atomic E-state index is 0.0579. The van der Waals surface area contributed by atoms with Crippen molar-refractivity contribution in [2.45, 2.75) is 25.7 Å². The van der Waals surface area contributed by atoms with Crippen LogP contribution < -0.4 is 4.90 Å². The molecule has 1 N–H and O–H groups in total. The van der Waals surface area contributed by atoms with E-state index < -0.39 is 0 Å². The van der Waals surface area contributed by atoms with Gasteiger partial charge in [-0.15, -0.1) is 0 Å². The van der Waals surface area contributed by atoms with Gasteiger partial charge < -0.3 is 19.3 Å². The lowest BCUT2D eigenvalue weighted by molar-refractivity contribution is -0.138. The normalized spacial score (nSPS) is 22.2. The number of nitrogens with zero attached hydrogens (tertiary/aromatic N) is 3. The van der Waals surface area contributed by atoms with Gasteiger partial charge in [0.2, 0.25) is 5.91 Å². The quantitative estimate of drug-likeness (QED) is 0.890. The van der Waals surface area contributed by atoms with E-state index in [0.717, 1.165) is 50.8 Å². The van der Waals surface area contributed by atoms with E-state index in [2.05, 4.69) is 9.88 Å².